The lowest BCUT2D eigenvalue weighted by Crippen LogP contribution is -2.62. The maximum atomic E-state index is 6.96. The third kappa shape index (κ3) is 4.17. The number of fused-ring (bicyclic) bond motifs is 10. The van der Waals surface area contributed by atoms with E-state index >= 15 is 0 Å². The van der Waals surface area contributed by atoms with Gasteiger partial charge in [-0.2, -0.15) is 0 Å². The molecule has 4 heteroatoms. The summed E-state index contributed by atoms with van der Waals surface area (Å²) in [5.41, 5.74) is 20.1. The summed E-state index contributed by atoms with van der Waals surface area (Å²) < 4.78 is 6.96. The molecule has 0 aliphatic carbocycles. The van der Waals surface area contributed by atoms with E-state index in [2.05, 4.69) is 199 Å². The van der Waals surface area contributed by atoms with Gasteiger partial charge in [-0.25, -0.2) is 0 Å². The molecular formula is C51H35BN2O. The Kier molecular flexibility index (Phi) is 6.20. The quantitative estimate of drug-likeness (QED) is 0.171. The van der Waals surface area contributed by atoms with E-state index in [0.29, 0.717) is 0 Å². The monoisotopic (exact) mass is 702 g/mol. The van der Waals surface area contributed by atoms with Crippen molar-refractivity contribution in [1.82, 2.24) is 0 Å². The number of nitrogens with zero attached hydrogens (tertiary/aromatic N) is 2. The summed E-state index contributed by atoms with van der Waals surface area (Å²) in [5.74, 6) is 0. The van der Waals surface area contributed by atoms with E-state index < -0.39 is 0 Å². The molecule has 0 spiro atoms. The second-order valence-electron chi connectivity index (χ2n) is 15.7. The first-order chi connectivity index (χ1) is 27.1. The Labute approximate surface area is 320 Å². The molecule has 0 bridgehead atoms. The summed E-state index contributed by atoms with van der Waals surface area (Å²) in [5, 5.41) is 2.28. The van der Waals surface area contributed by atoms with Crippen molar-refractivity contribution in [1.29, 1.82) is 0 Å². The molecule has 12 rings (SSSR count). The van der Waals surface area contributed by atoms with E-state index in [9.17, 15) is 0 Å². The summed E-state index contributed by atoms with van der Waals surface area (Å²) in [6.07, 6.45) is 0. The zero-order chi connectivity index (χ0) is 36.4. The fraction of sp³-hybridized carbons (Fsp3) is 0.0588. The van der Waals surface area contributed by atoms with Crippen LogP contribution < -0.4 is 20.6 Å². The molecule has 3 aliphatic heterocycles. The second-order valence-corrected chi connectivity index (χ2v) is 15.7. The number of anilines is 5. The molecule has 9 aromatic rings. The maximum absolute atomic E-state index is 6.96. The molecule has 0 radical (unpaired) electrons. The smallest absolute Gasteiger partial charge is 0.333 e. The van der Waals surface area contributed by atoms with Crippen LogP contribution in [0, 0.1) is 0 Å². The van der Waals surface area contributed by atoms with Crippen LogP contribution in [0.15, 0.2) is 180 Å². The summed E-state index contributed by atoms with van der Waals surface area (Å²) in [6.45, 7) is 4.65. The van der Waals surface area contributed by atoms with Gasteiger partial charge in [-0.1, -0.05) is 153 Å². The Hall–Kier alpha value is -6.78. The van der Waals surface area contributed by atoms with Crippen LogP contribution >= 0.6 is 0 Å². The highest BCUT2D eigenvalue weighted by Crippen LogP contribution is 2.56. The normalized spacial score (nSPS) is 14.4. The van der Waals surface area contributed by atoms with Gasteiger partial charge in [-0.3, -0.25) is 0 Å². The average Bonchev–Trinajstić information content (AvgIpc) is 3.62. The highest BCUT2D eigenvalue weighted by Gasteiger charge is 2.50. The molecule has 3 nitrogen and oxygen atoms in total. The first-order valence-electron chi connectivity index (χ1n) is 19.2. The minimum atomic E-state index is -0.194. The molecule has 0 saturated carbocycles. The van der Waals surface area contributed by atoms with Crippen LogP contribution in [0.2, 0.25) is 0 Å². The Bertz CT molecular complexity index is 3020. The molecule has 0 unspecified atom stereocenters. The summed E-state index contributed by atoms with van der Waals surface area (Å²) in [4.78, 5) is 5.18. The van der Waals surface area contributed by atoms with Gasteiger partial charge in [-0.15, -0.1) is 0 Å². The van der Waals surface area contributed by atoms with Crippen molar-refractivity contribution in [3.63, 3.8) is 0 Å². The van der Waals surface area contributed by atoms with Gasteiger partial charge in [0.05, 0.1) is 5.69 Å². The lowest BCUT2D eigenvalue weighted by Gasteiger charge is -2.50. The molecule has 0 fully saturated rings. The largest absolute Gasteiger partial charge is 0.455 e. The van der Waals surface area contributed by atoms with Gasteiger partial charge >= 0.3 is 6.85 Å². The fourth-order valence-electron chi connectivity index (χ4n) is 9.89. The van der Waals surface area contributed by atoms with Crippen molar-refractivity contribution in [3.8, 4) is 33.4 Å². The molecule has 0 amide bonds. The Morgan fingerprint density at radius 3 is 1.96 bits per heavy atom. The minimum Gasteiger partial charge on any atom is -0.455 e. The van der Waals surface area contributed by atoms with E-state index in [4.69, 9.17) is 4.42 Å². The van der Waals surface area contributed by atoms with Gasteiger partial charge in [-0.05, 0) is 80.7 Å². The Balaban J connectivity index is 1.23. The molecule has 55 heavy (non-hydrogen) atoms. The van der Waals surface area contributed by atoms with Crippen LogP contribution in [0.4, 0.5) is 28.4 Å². The van der Waals surface area contributed by atoms with Crippen molar-refractivity contribution >= 4 is 68.1 Å². The molecule has 0 N–H and O–H groups in total. The topological polar surface area (TPSA) is 19.6 Å². The second kappa shape index (κ2) is 11.1. The van der Waals surface area contributed by atoms with Gasteiger partial charge in [0.2, 0.25) is 0 Å². The van der Waals surface area contributed by atoms with Crippen LogP contribution in [0.3, 0.4) is 0 Å². The highest BCUT2D eigenvalue weighted by molar-refractivity contribution is 6.94. The average molecular weight is 703 g/mol. The minimum absolute atomic E-state index is 0.115. The molecule has 0 atom stereocenters. The van der Waals surface area contributed by atoms with Crippen LogP contribution in [-0.4, -0.2) is 6.85 Å². The lowest BCUT2D eigenvalue weighted by molar-refractivity contribution is 0.632. The molecule has 8 aromatic carbocycles. The molecule has 1 aromatic heterocycles. The van der Waals surface area contributed by atoms with E-state index in [1.165, 1.54) is 78.2 Å². The zero-order valence-electron chi connectivity index (χ0n) is 30.6. The van der Waals surface area contributed by atoms with Gasteiger partial charge in [0.25, 0.3) is 0 Å². The first kappa shape index (κ1) is 30.7. The predicted molar refractivity (Wildman–Crippen MR) is 230 cm³/mol. The molecule has 0 saturated heterocycles. The first-order valence-corrected chi connectivity index (χ1v) is 19.2. The number of para-hydroxylation sites is 3. The van der Waals surface area contributed by atoms with Crippen molar-refractivity contribution in [2.75, 3.05) is 9.71 Å². The van der Waals surface area contributed by atoms with Crippen LogP contribution in [0.25, 0.3) is 55.3 Å². The van der Waals surface area contributed by atoms with Crippen LogP contribution in [0.1, 0.15) is 25.0 Å². The van der Waals surface area contributed by atoms with Gasteiger partial charge in [0, 0.05) is 50.1 Å². The fourth-order valence-corrected chi connectivity index (χ4v) is 9.89. The van der Waals surface area contributed by atoms with E-state index in [1.54, 1.807) is 0 Å². The SMILES string of the molecule is CC1(C)c2ccccc2N2c3cc4c(oc5ccccc54)c4c3B(c3cccc1c32)N(c1ccc(-c2ccccc2)cc1)c1cc(-c2ccccc2)ccc1-4. The van der Waals surface area contributed by atoms with Crippen LogP contribution in [-0.2, 0) is 5.41 Å². The Morgan fingerprint density at radius 1 is 0.509 bits per heavy atom. The van der Waals surface area contributed by atoms with Crippen molar-refractivity contribution in [3.05, 3.63) is 187 Å². The summed E-state index contributed by atoms with van der Waals surface area (Å²) >= 11 is 0. The molecule has 258 valence electrons. The number of rotatable bonds is 3. The number of benzene rings is 8. The van der Waals surface area contributed by atoms with Crippen molar-refractivity contribution in [2.45, 2.75) is 19.3 Å². The third-order valence-electron chi connectivity index (χ3n) is 12.4. The zero-order valence-corrected chi connectivity index (χ0v) is 30.6. The standard InChI is InChI=1S/C51H35BN2O/c1-51(2)40-19-10-11-22-43(40)53-45-31-39-37-18-9-12-23-46(37)55-50(39)47-38-29-26-35(33-16-7-4-8-17-33)30-44(38)54(52(48(45)47)42-21-13-20-41(51)49(42)53)36-27-24-34(25-28-36)32-14-5-3-6-15-32/h3-31H,1-2H3. The molecular weight excluding hydrogens is 667 g/mol. The predicted octanol–water partition coefficient (Wildman–Crippen LogP) is 12.3. The van der Waals surface area contributed by atoms with E-state index in [0.717, 1.165) is 27.6 Å². The van der Waals surface area contributed by atoms with Crippen molar-refractivity contribution < 1.29 is 4.42 Å². The van der Waals surface area contributed by atoms with E-state index in [-0.39, 0.29) is 12.3 Å². The van der Waals surface area contributed by atoms with Gasteiger partial charge in [0.1, 0.15) is 11.2 Å². The number of furan rings is 1. The maximum Gasteiger partial charge on any atom is 0.333 e. The lowest BCUT2D eigenvalue weighted by atomic mass is 9.42. The molecule has 3 aliphatic rings. The molecule has 4 heterocycles. The number of hydrogen-bond donors (Lipinski definition) is 0. The van der Waals surface area contributed by atoms with E-state index in [1.807, 2.05) is 0 Å². The highest BCUT2D eigenvalue weighted by atomic mass is 16.3. The van der Waals surface area contributed by atoms with Gasteiger partial charge < -0.3 is 14.1 Å². The van der Waals surface area contributed by atoms with Crippen molar-refractivity contribution in [2.24, 2.45) is 0 Å². The number of hydrogen-bond acceptors (Lipinski definition) is 3. The van der Waals surface area contributed by atoms with Gasteiger partial charge in [0.15, 0.2) is 0 Å². The summed E-state index contributed by atoms with van der Waals surface area (Å²) in [6, 6.07) is 64.5. The Morgan fingerprint density at radius 2 is 1.16 bits per heavy atom. The van der Waals surface area contributed by atoms with Crippen LogP contribution in [0.5, 0.6) is 0 Å². The summed E-state index contributed by atoms with van der Waals surface area (Å²) in [7, 11) is 0. The third-order valence-corrected chi connectivity index (χ3v) is 12.4.